The smallest absolute Gasteiger partial charge is 0.392 e. The Morgan fingerprint density at radius 3 is 2.50 bits per heavy atom. The molecule has 0 spiro atoms. The van der Waals surface area contributed by atoms with Crippen LogP contribution < -0.4 is 4.90 Å². The number of anilines is 1. The van der Waals surface area contributed by atoms with Crippen LogP contribution in [-0.4, -0.2) is 24.4 Å². The van der Waals surface area contributed by atoms with Gasteiger partial charge in [0.05, 0.1) is 6.61 Å². The van der Waals surface area contributed by atoms with E-state index < -0.39 is 11.7 Å². The molecule has 0 aromatic heterocycles. The van der Waals surface area contributed by atoms with Crippen LogP contribution in [0, 0.1) is 0 Å². The molecular formula is C13H14F3NO. The van der Waals surface area contributed by atoms with Gasteiger partial charge >= 0.3 is 6.18 Å². The molecule has 0 saturated heterocycles. The van der Waals surface area contributed by atoms with Gasteiger partial charge < -0.3 is 10.0 Å². The minimum atomic E-state index is -4.22. The predicted molar refractivity (Wildman–Crippen MR) is 63.3 cm³/mol. The molecule has 0 unspecified atom stereocenters. The van der Waals surface area contributed by atoms with Crippen molar-refractivity contribution in [3.8, 4) is 0 Å². The minimum Gasteiger partial charge on any atom is -0.392 e. The van der Waals surface area contributed by atoms with Gasteiger partial charge in [-0.1, -0.05) is 24.3 Å². The Labute approximate surface area is 103 Å². The van der Waals surface area contributed by atoms with Crippen LogP contribution in [0.4, 0.5) is 18.9 Å². The molecule has 18 heavy (non-hydrogen) atoms. The van der Waals surface area contributed by atoms with Crippen molar-refractivity contribution in [2.24, 2.45) is 0 Å². The molecule has 1 aliphatic heterocycles. The summed E-state index contributed by atoms with van der Waals surface area (Å²) in [5, 5.41) is 9.21. The Bertz CT molecular complexity index is 454. The SMILES string of the molecule is OCc1ccccc1N1CC=C(C(F)(F)F)CC1. The molecule has 1 heterocycles. The Morgan fingerprint density at radius 1 is 1.22 bits per heavy atom. The highest BCUT2D eigenvalue weighted by Crippen LogP contribution is 2.32. The fraction of sp³-hybridized carbons (Fsp3) is 0.385. The number of alkyl halides is 3. The van der Waals surface area contributed by atoms with Gasteiger partial charge in [-0.2, -0.15) is 13.2 Å². The van der Waals surface area contributed by atoms with Crippen LogP contribution in [0.2, 0.25) is 0 Å². The second kappa shape index (κ2) is 5.02. The summed E-state index contributed by atoms with van der Waals surface area (Å²) in [5.74, 6) is 0. The first-order chi connectivity index (χ1) is 8.52. The average molecular weight is 257 g/mol. The first-order valence-corrected chi connectivity index (χ1v) is 5.72. The van der Waals surface area contributed by atoms with Crippen molar-refractivity contribution >= 4 is 5.69 Å². The Kier molecular flexibility index (Phi) is 3.61. The molecule has 0 aliphatic carbocycles. The maximum absolute atomic E-state index is 12.5. The standard InChI is InChI=1S/C13H14F3NO/c14-13(15,16)11-5-7-17(8-6-11)12-4-2-1-3-10(12)9-18/h1-5,18H,6-9H2. The summed E-state index contributed by atoms with van der Waals surface area (Å²) in [5.41, 5.74) is 1.08. The molecule has 0 radical (unpaired) electrons. The number of benzene rings is 1. The highest BCUT2D eigenvalue weighted by atomic mass is 19.4. The second-order valence-electron chi connectivity index (χ2n) is 4.21. The molecule has 0 bridgehead atoms. The van der Waals surface area contributed by atoms with Crippen molar-refractivity contribution in [2.75, 3.05) is 18.0 Å². The minimum absolute atomic E-state index is 0.0107. The summed E-state index contributed by atoms with van der Waals surface area (Å²) in [6.45, 7) is 0.441. The molecule has 1 aromatic carbocycles. The molecule has 2 rings (SSSR count). The van der Waals surface area contributed by atoms with Gasteiger partial charge in [0, 0.05) is 29.9 Å². The fourth-order valence-electron chi connectivity index (χ4n) is 2.10. The average Bonchev–Trinajstić information content (AvgIpc) is 2.38. The van der Waals surface area contributed by atoms with E-state index in [1.54, 1.807) is 12.1 Å². The van der Waals surface area contributed by atoms with Gasteiger partial charge in [-0.25, -0.2) is 0 Å². The molecule has 0 saturated carbocycles. The Morgan fingerprint density at radius 2 is 1.94 bits per heavy atom. The predicted octanol–water partition coefficient (Wildman–Crippen LogP) is 2.88. The van der Waals surface area contributed by atoms with Gasteiger partial charge in [0.15, 0.2) is 0 Å². The number of para-hydroxylation sites is 1. The van der Waals surface area contributed by atoms with Gasteiger partial charge in [0.1, 0.15) is 0 Å². The number of aliphatic hydroxyl groups excluding tert-OH is 1. The number of halogens is 3. The Balaban J connectivity index is 2.17. The zero-order valence-electron chi connectivity index (χ0n) is 9.74. The number of aliphatic hydroxyl groups is 1. The highest BCUT2D eigenvalue weighted by Gasteiger charge is 2.34. The number of hydrogen-bond donors (Lipinski definition) is 1. The van der Waals surface area contributed by atoms with Gasteiger partial charge in [-0.3, -0.25) is 0 Å². The lowest BCUT2D eigenvalue weighted by atomic mass is 10.1. The molecule has 98 valence electrons. The quantitative estimate of drug-likeness (QED) is 0.823. The summed E-state index contributed by atoms with van der Waals surface area (Å²) in [7, 11) is 0. The third-order valence-corrected chi connectivity index (χ3v) is 3.08. The van der Waals surface area contributed by atoms with Gasteiger partial charge in [0.2, 0.25) is 0 Å². The highest BCUT2D eigenvalue weighted by molar-refractivity contribution is 5.54. The van der Waals surface area contributed by atoms with Crippen LogP contribution >= 0.6 is 0 Å². The van der Waals surface area contributed by atoms with Crippen LogP contribution in [-0.2, 0) is 6.61 Å². The van der Waals surface area contributed by atoms with E-state index in [9.17, 15) is 18.3 Å². The third-order valence-electron chi connectivity index (χ3n) is 3.08. The first-order valence-electron chi connectivity index (χ1n) is 5.72. The van der Waals surface area contributed by atoms with Crippen molar-refractivity contribution in [3.05, 3.63) is 41.5 Å². The fourth-order valence-corrected chi connectivity index (χ4v) is 2.10. The van der Waals surface area contributed by atoms with Crippen LogP contribution in [0.1, 0.15) is 12.0 Å². The van der Waals surface area contributed by atoms with E-state index in [1.165, 1.54) is 6.08 Å². The monoisotopic (exact) mass is 257 g/mol. The topological polar surface area (TPSA) is 23.5 Å². The molecular weight excluding hydrogens is 243 g/mol. The summed E-state index contributed by atoms with van der Waals surface area (Å²) in [6.07, 6.45) is -3.01. The lowest BCUT2D eigenvalue weighted by molar-refractivity contribution is -0.0944. The van der Waals surface area contributed by atoms with Crippen LogP contribution in [0.3, 0.4) is 0 Å². The van der Waals surface area contributed by atoms with Crippen molar-refractivity contribution in [1.82, 2.24) is 0 Å². The molecule has 0 fully saturated rings. The summed E-state index contributed by atoms with van der Waals surface area (Å²) in [6, 6.07) is 7.21. The molecule has 0 atom stereocenters. The van der Waals surface area contributed by atoms with E-state index in [0.717, 1.165) is 11.3 Å². The van der Waals surface area contributed by atoms with E-state index in [2.05, 4.69) is 0 Å². The van der Waals surface area contributed by atoms with Crippen molar-refractivity contribution < 1.29 is 18.3 Å². The Hall–Kier alpha value is -1.49. The summed E-state index contributed by atoms with van der Waals surface area (Å²) >= 11 is 0. The summed E-state index contributed by atoms with van der Waals surface area (Å²) in [4.78, 5) is 1.85. The van der Waals surface area contributed by atoms with Crippen LogP contribution in [0.5, 0.6) is 0 Å². The van der Waals surface area contributed by atoms with Gasteiger partial charge in [-0.05, 0) is 12.5 Å². The van der Waals surface area contributed by atoms with Gasteiger partial charge in [0.25, 0.3) is 0 Å². The molecule has 5 heteroatoms. The van der Waals surface area contributed by atoms with Crippen molar-refractivity contribution in [2.45, 2.75) is 19.2 Å². The van der Waals surface area contributed by atoms with Crippen LogP contribution in [0.25, 0.3) is 0 Å². The molecule has 1 aliphatic rings. The largest absolute Gasteiger partial charge is 0.412 e. The lowest BCUT2D eigenvalue weighted by Gasteiger charge is -2.30. The molecule has 2 nitrogen and oxygen atoms in total. The van der Waals surface area contributed by atoms with Crippen molar-refractivity contribution in [1.29, 1.82) is 0 Å². The normalized spacial score (nSPS) is 16.7. The van der Waals surface area contributed by atoms with Gasteiger partial charge in [-0.15, -0.1) is 0 Å². The van der Waals surface area contributed by atoms with E-state index in [1.807, 2.05) is 17.0 Å². The zero-order chi connectivity index (χ0) is 13.2. The van der Waals surface area contributed by atoms with E-state index >= 15 is 0 Å². The van der Waals surface area contributed by atoms with E-state index in [-0.39, 0.29) is 19.6 Å². The second-order valence-corrected chi connectivity index (χ2v) is 4.21. The van der Waals surface area contributed by atoms with E-state index in [4.69, 9.17) is 0 Å². The van der Waals surface area contributed by atoms with Crippen LogP contribution in [0.15, 0.2) is 35.9 Å². The number of hydrogen-bond acceptors (Lipinski definition) is 2. The molecule has 1 aromatic rings. The number of rotatable bonds is 2. The maximum atomic E-state index is 12.5. The first kappa shape index (κ1) is 13.0. The third kappa shape index (κ3) is 2.67. The number of nitrogens with zero attached hydrogens (tertiary/aromatic N) is 1. The lowest BCUT2D eigenvalue weighted by Crippen LogP contribution is -2.32. The maximum Gasteiger partial charge on any atom is 0.412 e. The van der Waals surface area contributed by atoms with E-state index in [0.29, 0.717) is 6.54 Å². The molecule has 0 amide bonds. The molecule has 1 N–H and O–H groups in total. The zero-order valence-corrected chi connectivity index (χ0v) is 9.74. The van der Waals surface area contributed by atoms with Crippen molar-refractivity contribution in [3.63, 3.8) is 0 Å². The summed E-state index contributed by atoms with van der Waals surface area (Å²) < 4.78 is 37.5.